The molecule has 1 aliphatic rings. The standard InChI is InChI=1S/C12H11N3O2S/c13-6-10-3-4-12(5-11(10)7-14)15-18(16,17)8-9-1-2-9/h3-5,9,15H,1-2,8H2. The van der Waals surface area contributed by atoms with Crippen LogP contribution < -0.4 is 4.72 Å². The highest BCUT2D eigenvalue weighted by molar-refractivity contribution is 7.92. The van der Waals surface area contributed by atoms with Crippen LogP contribution in [-0.4, -0.2) is 14.2 Å². The smallest absolute Gasteiger partial charge is 0.232 e. The number of hydrogen-bond acceptors (Lipinski definition) is 4. The second-order valence-electron chi connectivity index (χ2n) is 4.31. The second kappa shape index (κ2) is 4.67. The molecule has 0 bridgehead atoms. The van der Waals surface area contributed by atoms with E-state index in [2.05, 4.69) is 4.72 Å². The van der Waals surface area contributed by atoms with Gasteiger partial charge in [-0.25, -0.2) is 8.42 Å². The lowest BCUT2D eigenvalue weighted by Gasteiger charge is -2.07. The monoisotopic (exact) mass is 261 g/mol. The van der Waals surface area contributed by atoms with E-state index in [1.54, 1.807) is 0 Å². The summed E-state index contributed by atoms with van der Waals surface area (Å²) in [5, 5.41) is 17.6. The Morgan fingerprint density at radius 1 is 1.22 bits per heavy atom. The fraction of sp³-hybridized carbons (Fsp3) is 0.333. The van der Waals surface area contributed by atoms with Crippen molar-refractivity contribution in [2.75, 3.05) is 10.5 Å². The molecular formula is C12H11N3O2S. The van der Waals surface area contributed by atoms with E-state index in [1.807, 2.05) is 12.1 Å². The van der Waals surface area contributed by atoms with Crippen LogP contribution in [0, 0.1) is 28.6 Å². The number of benzene rings is 1. The number of anilines is 1. The topological polar surface area (TPSA) is 93.8 Å². The van der Waals surface area contributed by atoms with Gasteiger partial charge < -0.3 is 0 Å². The minimum absolute atomic E-state index is 0.120. The molecule has 1 N–H and O–H groups in total. The average Bonchev–Trinajstić information content (AvgIpc) is 3.11. The lowest BCUT2D eigenvalue weighted by molar-refractivity contribution is 0.597. The summed E-state index contributed by atoms with van der Waals surface area (Å²) in [6, 6.07) is 8.05. The third-order valence-electron chi connectivity index (χ3n) is 2.69. The minimum Gasteiger partial charge on any atom is -0.284 e. The van der Waals surface area contributed by atoms with Gasteiger partial charge >= 0.3 is 0 Å². The van der Waals surface area contributed by atoms with Crippen molar-refractivity contribution in [3.8, 4) is 12.1 Å². The Kier molecular flexibility index (Phi) is 3.22. The molecule has 0 saturated heterocycles. The molecule has 1 saturated carbocycles. The van der Waals surface area contributed by atoms with Crippen molar-refractivity contribution in [1.82, 2.24) is 0 Å². The van der Waals surface area contributed by atoms with E-state index in [0.717, 1.165) is 12.8 Å². The highest BCUT2D eigenvalue weighted by atomic mass is 32.2. The van der Waals surface area contributed by atoms with E-state index >= 15 is 0 Å². The van der Waals surface area contributed by atoms with Crippen molar-refractivity contribution in [3.05, 3.63) is 29.3 Å². The first kappa shape index (κ1) is 12.4. The summed E-state index contributed by atoms with van der Waals surface area (Å²) in [6.07, 6.45) is 1.91. The zero-order valence-corrected chi connectivity index (χ0v) is 10.4. The molecule has 0 spiro atoms. The number of nitrogens with zero attached hydrogens (tertiary/aromatic N) is 2. The van der Waals surface area contributed by atoms with Gasteiger partial charge in [0.25, 0.3) is 0 Å². The maximum atomic E-state index is 11.7. The summed E-state index contributed by atoms with van der Waals surface area (Å²) < 4.78 is 25.9. The van der Waals surface area contributed by atoms with Gasteiger partial charge in [-0.1, -0.05) is 0 Å². The van der Waals surface area contributed by atoms with Gasteiger partial charge in [-0.05, 0) is 37.0 Å². The van der Waals surface area contributed by atoms with Gasteiger partial charge in [-0.15, -0.1) is 0 Å². The van der Waals surface area contributed by atoms with E-state index in [1.165, 1.54) is 18.2 Å². The summed E-state index contributed by atoms with van der Waals surface area (Å²) in [5.41, 5.74) is 0.734. The van der Waals surface area contributed by atoms with Crippen LogP contribution in [0.15, 0.2) is 18.2 Å². The van der Waals surface area contributed by atoms with Gasteiger partial charge in [0.2, 0.25) is 10.0 Å². The molecule has 1 aromatic rings. The van der Waals surface area contributed by atoms with Crippen molar-refractivity contribution >= 4 is 15.7 Å². The van der Waals surface area contributed by atoms with Gasteiger partial charge in [0, 0.05) is 5.69 Å². The number of nitriles is 2. The van der Waals surface area contributed by atoms with Crippen LogP contribution >= 0.6 is 0 Å². The van der Waals surface area contributed by atoms with Gasteiger partial charge in [0.1, 0.15) is 12.1 Å². The lowest BCUT2D eigenvalue weighted by Crippen LogP contribution is -2.17. The molecule has 92 valence electrons. The Bertz CT molecular complexity index is 649. The number of rotatable bonds is 4. The third kappa shape index (κ3) is 2.99. The van der Waals surface area contributed by atoms with E-state index in [0.29, 0.717) is 5.69 Å². The van der Waals surface area contributed by atoms with E-state index in [4.69, 9.17) is 10.5 Å². The third-order valence-corrected chi connectivity index (χ3v) is 4.14. The molecule has 6 heteroatoms. The predicted molar refractivity (Wildman–Crippen MR) is 66.0 cm³/mol. The predicted octanol–water partition coefficient (Wildman–Crippen LogP) is 1.58. The van der Waals surface area contributed by atoms with Crippen LogP contribution in [0.4, 0.5) is 5.69 Å². The summed E-state index contributed by atoms with van der Waals surface area (Å²) in [6.45, 7) is 0. The van der Waals surface area contributed by atoms with E-state index < -0.39 is 10.0 Å². The minimum atomic E-state index is -3.36. The first-order chi connectivity index (χ1) is 8.54. The molecular weight excluding hydrogens is 250 g/mol. The molecule has 0 heterocycles. The Morgan fingerprint density at radius 3 is 2.44 bits per heavy atom. The molecule has 18 heavy (non-hydrogen) atoms. The molecule has 1 aliphatic carbocycles. The number of nitrogens with one attached hydrogen (secondary N) is 1. The molecule has 0 aliphatic heterocycles. The van der Waals surface area contributed by atoms with Crippen molar-refractivity contribution in [2.24, 2.45) is 5.92 Å². The van der Waals surface area contributed by atoms with Crippen molar-refractivity contribution < 1.29 is 8.42 Å². The largest absolute Gasteiger partial charge is 0.284 e. The highest BCUT2D eigenvalue weighted by Gasteiger charge is 2.28. The SMILES string of the molecule is N#Cc1ccc(NS(=O)(=O)CC2CC2)cc1C#N. The molecule has 0 amide bonds. The zero-order chi connectivity index (χ0) is 13.2. The molecule has 0 radical (unpaired) electrons. The fourth-order valence-corrected chi connectivity index (χ4v) is 3.14. The average molecular weight is 261 g/mol. The van der Waals surface area contributed by atoms with Crippen molar-refractivity contribution in [3.63, 3.8) is 0 Å². The molecule has 2 rings (SSSR count). The summed E-state index contributed by atoms with van der Waals surface area (Å²) >= 11 is 0. The van der Waals surface area contributed by atoms with E-state index in [9.17, 15) is 8.42 Å². The molecule has 0 unspecified atom stereocenters. The molecule has 0 atom stereocenters. The summed E-state index contributed by atoms with van der Waals surface area (Å²) in [7, 11) is -3.36. The van der Waals surface area contributed by atoms with Crippen LogP contribution in [0.2, 0.25) is 0 Å². The van der Waals surface area contributed by atoms with Crippen molar-refractivity contribution in [2.45, 2.75) is 12.8 Å². The number of hydrogen-bond donors (Lipinski definition) is 1. The van der Waals surface area contributed by atoms with Crippen LogP contribution in [0.25, 0.3) is 0 Å². The van der Waals surface area contributed by atoms with Gasteiger partial charge in [0.05, 0.1) is 16.9 Å². The Hall–Kier alpha value is -2.05. The van der Waals surface area contributed by atoms with Crippen LogP contribution in [0.3, 0.4) is 0 Å². The van der Waals surface area contributed by atoms with Gasteiger partial charge in [-0.2, -0.15) is 10.5 Å². The maximum absolute atomic E-state index is 11.7. The first-order valence-electron chi connectivity index (χ1n) is 5.49. The normalized spacial score (nSPS) is 14.6. The second-order valence-corrected chi connectivity index (χ2v) is 6.08. The van der Waals surface area contributed by atoms with E-state index in [-0.39, 0.29) is 22.8 Å². The molecule has 5 nitrogen and oxygen atoms in total. The Balaban J connectivity index is 2.20. The van der Waals surface area contributed by atoms with Crippen LogP contribution in [-0.2, 0) is 10.0 Å². The zero-order valence-electron chi connectivity index (χ0n) is 9.55. The number of sulfonamides is 1. The lowest BCUT2D eigenvalue weighted by atomic mass is 10.1. The summed E-state index contributed by atoms with van der Waals surface area (Å²) in [5.74, 6) is 0.380. The fourth-order valence-electron chi connectivity index (χ4n) is 1.61. The van der Waals surface area contributed by atoms with Crippen molar-refractivity contribution in [1.29, 1.82) is 10.5 Å². The van der Waals surface area contributed by atoms with Gasteiger partial charge in [0.15, 0.2) is 0 Å². The Labute approximate surface area is 106 Å². The maximum Gasteiger partial charge on any atom is 0.232 e. The van der Waals surface area contributed by atoms with Crippen LogP contribution in [0.1, 0.15) is 24.0 Å². The molecule has 0 aromatic heterocycles. The van der Waals surface area contributed by atoms with Crippen LogP contribution in [0.5, 0.6) is 0 Å². The first-order valence-corrected chi connectivity index (χ1v) is 7.14. The Morgan fingerprint density at radius 2 is 1.89 bits per heavy atom. The highest BCUT2D eigenvalue weighted by Crippen LogP contribution is 2.30. The quantitative estimate of drug-likeness (QED) is 0.890. The summed E-state index contributed by atoms with van der Waals surface area (Å²) in [4.78, 5) is 0. The molecule has 1 fully saturated rings. The van der Waals surface area contributed by atoms with Gasteiger partial charge in [-0.3, -0.25) is 4.72 Å². The molecule has 1 aromatic carbocycles.